The van der Waals surface area contributed by atoms with Gasteiger partial charge >= 0.3 is 0 Å². The van der Waals surface area contributed by atoms with Gasteiger partial charge in [0.1, 0.15) is 5.69 Å². The van der Waals surface area contributed by atoms with Crippen molar-refractivity contribution in [2.24, 2.45) is 7.05 Å². The van der Waals surface area contributed by atoms with Crippen molar-refractivity contribution >= 4 is 21.8 Å². The molecule has 0 aromatic carbocycles. The first-order valence-electron chi connectivity index (χ1n) is 5.57. The molecule has 0 saturated heterocycles. The van der Waals surface area contributed by atoms with Gasteiger partial charge in [-0.3, -0.25) is 4.79 Å². The van der Waals surface area contributed by atoms with Crippen molar-refractivity contribution < 1.29 is 4.79 Å². The Morgan fingerprint density at radius 2 is 2.44 bits per heavy atom. The van der Waals surface area contributed by atoms with Gasteiger partial charge in [-0.25, -0.2) is 4.98 Å². The first kappa shape index (κ1) is 11.6. The molecule has 0 atom stereocenters. The van der Waals surface area contributed by atoms with Gasteiger partial charge in [0.2, 0.25) is 0 Å². The molecule has 4 nitrogen and oxygen atoms in total. The lowest BCUT2D eigenvalue weighted by Gasteiger charge is -2.37. The Balaban J connectivity index is 2.13. The lowest BCUT2D eigenvalue weighted by atomic mass is 9.91. The van der Waals surface area contributed by atoms with Gasteiger partial charge in [-0.15, -0.1) is 0 Å². The number of nitrogens with zero attached hydrogens (tertiary/aromatic N) is 3. The number of hydrogen-bond donors (Lipinski definition) is 0. The van der Waals surface area contributed by atoms with Gasteiger partial charge in [0.25, 0.3) is 5.91 Å². The van der Waals surface area contributed by atoms with Crippen LogP contribution in [0.15, 0.2) is 12.5 Å². The van der Waals surface area contributed by atoms with Gasteiger partial charge in [-0.1, -0.05) is 15.9 Å². The molecule has 0 spiro atoms. The summed E-state index contributed by atoms with van der Waals surface area (Å²) in [4.78, 5) is 18.3. The molecule has 1 amide bonds. The predicted octanol–water partition coefficient (Wildman–Crippen LogP) is 1.81. The molecule has 0 unspecified atom stereocenters. The quantitative estimate of drug-likeness (QED) is 0.792. The highest BCUT2D eigenvalue weighted by molar-refractivity contribution is 9.09. The molecule has 1 fully saturated rings. The first-order valence-corrected chi connectivity index (χ1v) is 6.69. The van der Waals surface area contributed by atoms with E-state index in [2.05, 4.69) is 20.9 Å². The minimum absolute atomic E-state index is 0.101. The van der Waals surface area contributed by atoms with Crippen LogP contribution in [0.2, 0.25) is 0 Å². The third-order valence-electron chi connectivity index (χ3n) is 3.14. The molecule has 2 rings (SSSR count). The summed E-state index contributed by atoms with van der Waals surface area (Å²) >= 11 is 3.41. The predicted molar refractivity (Wildman–Crippen MR) is 65.7 cm³/mol. The van der Waals surface area contributed by atoms with Gasteiger partial charge in [0.15, 0.2) is 0 Å². The Labute approximate surface area is 104 Å². The normalized spacial score (nSPS) is 15.9. The lowest BCUT2D eigenvalue weighted by Crippen LogP contribution is -2.45. The smallest absolute Gasteiger partial charge is 0.272 e. The van der Waals surface area contributed by atoms with Crippen molar-refractivity contribution in [2.75, 3.05) is 11.9 Å². The van der Waals surface area contributed by atoms with E-state index < -0.39 is 0 Å². The Kier molecular flexibility index (Phi) is 3.63. The summed E-state index contributed by atoms with van der Waals surface area (Å²) < 4.78 is 1.78. The van der Waals surface area contributed by atoms with E-state index in [9.17, 15) is 4.79 Å². The van der Waals surface area contributed by atoms with E-state index in [1.54, 1.807) is 17.1 Å². The second-order valence-electron chi connectivity index (χ2n) is 4.16. The van der Waals surface area contributed by atoms with Crippen LogP contribution in [0, 0.1) is 0 Å². The van der Waals surface area contributed by atoms with Crippen LogP contribution in [0.3, 0.4) is 0 Å². The Hall–Kier alpha value is -0.840. The molecule has 1 saturated carbocycles. The summed E-state index contributed by atoms with van der Waals surface area (Å²) in [6.07, 6.45) is 6.82. The zero-order chi connectivity index (χ0) is 11.5. The largest absolute Gasteiger partial charge is 0.334 e. The topological polar surface area (TPSA) is 38.1 Å². The summed E-state index contributed by atoms with van der Waals surface area (Å²) in [5, 5.41) is 0.826. The number of imidazole rings is 1. The van der Waals surface area contributed by atoms with Gasteiger partial charge < -0.3 is 9.47 Å². The van der Waals surface area contributed by atoms with Crippen LogP contribution in [0.1, 0.15) is 29.8 Å². The van der Waals surface area contributed by atoms with E-state index >= 15 is 0 Å². The highest BCUT2D eigenvalue weighted by Crippen LogP contribution is 2.26. The second-order valence-corrected chi connectivity index (χ2v) is 4.96. The number of rotatable bonds is 4. The number of carbonyl (C=O) groups is 1. The van der Waals surface area contributed by atoms with Crippen LogP contribution in [-0.2, 0) is 7.05 Å². The number of halogens is 1. The monoisotopic (exact) mass is 285 g/mol. The lowest BCUT2D eigenvalue weighted by molar-refractivity contribution is 0.0590. The van der Waals surface area contributed by atoms with E-state index in [0.29, 0.717) is 11.7 Å². The molecule has 0 N–H and O–H groups in total. The standard InChI is InChI=1S/C11H16BrN3O/c1-14-8-13-7-10(14)11(16)15(6-5-12)9-3-2-4-9/h7-9H,2-6H2,1H3. The molecule has 0 radical (unpaired) electrons. The maximum Gasteiger partial charge on any atom is 0.272 e. The van der Waals surface area contributed by atoms with Crippen molar-refractivity contribution in [3.63, 3.8) is 0 Å². The Bertz CT molecular complexity index is 373. The van der Waals surface area contributed by atoms with Crippen LogP contribution in [0.4, 0.5) is 0 Å². The van der Waals surface area contributed by atoms with Gasteiger partial charge in [-0.2, -0.15) is 0 Å². The SMILES string of the molecule is Cn1cncc1C(=O)N(CCBr)C1CCC1. The maximum atomic E-state index is 12.3. The molecule has 1 aliphatic rings. The van der Waals surface area contributed by atoms with Crippen LogP contribution >= 0.6 is 15.9 Å². The average molecular weight is 286 g/mol. The summed E-state index contributed by atoms with van der Waals surface area (Å²) in [5.41, 5.74) is 0.674. The molecule has 16 heavy (non-hydrogen) atoms. The van der Waals surface area contributed by atoms with E-state index in [4.69, 9.17) is 0 Å². The zero-order valence-corrected chi connectivity index (χ0v) is 11.0. The number of aryl methyl sites for hydroxylation is 1. The number of carbonyl (C=O) groups excluding carboxylic acids is 1. The molecule has 88 valence electrons. The maximum absolute atomic E-state index is 12.3. The number of alkyl halides is 1. The fourth-order valence-electron chi connectivity index (χ4n) is 1.95. The number of hydrogen-bond acceptors (Lipinski definition) is 2. The molecular weight excluding hydrogens is 270 g/mol. The van der Waals surface area contributed by atoms with Crippen molar-refractivity contribution in [3.8, 4) is 0 Å². The van der Waals surface area contributed by atoms with Gasteiger partial charge in [0, 0.05) is 25.0 Å². The second kappa shape index (κ2) is 4.99. The van der Waals surface area contributed by atoms with E-state index in [1.807, 2.05) is 11.9 Å². The Morgan fingerprint density at radius 3 is 2.88 bits per heavy atom. The minimum atomic E-state index is 0.101. The van der Waals surface area contributed by atoms with Crippen LogP contribution in [-0.4, -0.2) is 38.3 Å². The van der Waals surface area contributed by atoms with Crippen LogP contribution in [0.25, 0.3) is 0 Å². The van der Waals surface area contributed by atoms with Crippen molar-refractivity contribution in [3.05, 3.63) is 18.2 Å². The van der Waals surface area contributed by atoms with Gasteiger partial charge in [-0.05, 0) is 19.3 Å². The van der Waals surface area contributed by atoms with Crippen molar-refractivity contribution in [2.45, 2.75) is 25.3 Å². The van der Waals surface area contributed by atoms with E-state index in [-0.39, 0.29) is 5.91 Å². The third kappa shape index (κ3) is 2.14. The molecular formula is C11H16BrN3O. The Morgan fingerprint density at radius 1 is 1.69 bits per heavy atom. The molecule has 0 aliphatic heterocycles. The molecule has 0 bridgehead atoms. The molecule has 1 aromatic heterocycles. The fraction of sp³-hybridized carbons (Fsp3) is 0.636. The van der Waals surface area contributed by atoms with Crippen molar-refractivity contribution in [1.29, 1.82) is 0 Å². The first-order chi connectivity index (χ1) is 7.74. The van der Waals surface area contributed by atoms with E-state index in [0.717, 1.165) is 24.7 Å². The highest BCUT2D eigenvalue weighted by atomic mass is 79.9. The fourth-order valence-corrected chi connectivity index (χ4v) is 2.33. The third-order valence-corrected chi connectivity index (χ3v) is 3.49. The average Bonchev–Trinajstić information content (AvgIpc) is 2.60. The van der Waals surface area contributed by atoms with Crippen LogP contribution < -0.4 is 0 Å². The summed E-state index contributed by atoms with van der Waals surface area (Å²) in [5.74, 6) is 0.101. The molecule has 1 aromatic rings. The van der Waals surface area contributed by atoms with Crippen LogP contribution in [0.5, 0.6) is 0 Å². The van der Waals surface area contributed by atoms with Gasteiger partial charge in [0.05, 0.1) is 12.5 Å². The molecule has 5 heteroatoms. The zero-order valence-electron chi connectivity index (χ0n) is 9.40. The molecule has 1 aliphatic carbocycles. The summed E-state index contributed by atoms with van der Waals surface area (Å²) in [6.45, 7) is 0.773. The molecule has 1 heterocycles. The highest BCUT2D eigenvalue weighted by Gasteiger charge is 2.29. The minimum Gasteiger partial charge on any atom is -0.334 e. The summed E-state index contributed by atoms with van der Waals surface area (Å²) in [6, 6.07) is 0.431. The van der Waals surface area contributed by atoms with E-state index in [1.165, 1.54) is 6.42 Å². The summed E-state index contributed by atoms with van der Waals surface area (Å²) in [7, 11) is 1.85. The number of amides is 1. The van der Waals surface area contributed by atoms with Crippen molar-refractivity contribution in [1.82, 2.24) is 14.5 Å². The number of aromatic nitrogens is 2.